The van der Waals surface area contributed by atoms with E-state index in [9.17, 15) is 4.79 Å². The van der Waals surface area contributed by atoms with Crippen molar-refractivity contribution in [3.63, 3.8) is 0 Å². The topological polar surface area (TPSA) is 49.8 Å². The van der Waals surface area contributed by atoms with Crippen LogP contribution in [0.3, 0.4) is 0 Å². The number of nitrogens with zero attached hydrogens (tertiary/aromatic N) is 1. The first kappa shape index (κ1) is 11.4. The van der Waals surface area contributed by atoms with Crippen LogP contribution in [0.25, 0.3) is 0 Å². The zero-order valence-electron chi connectivity index (χ0n) is 9.37. The van der Waals surface area contributed by atoms with E-state index in [1.54, 1.807) is 0 Å². The lowest BCUT2D eigenvalue weighted by Gasteiger charge is -2.18. The summed E-state index contributed by atoms with van der Waals surface area (Å²) in [4.78, 5) is 12.0. The fourth-order valence-corrected chi connectivity index (χ4v) is 1.30. The van der Waals surface area contributed by atoms with E-state index < -0.39 is 6.09 Å². The van der Waals surface area contributed by atoms with Gasteiger partial charge in [-0.2, -0.15) is 0 Å². The zero-order chi connectivity index (χ0) is 11.6. The monoisotopic (exact) mass is 209 g/mol. The highest BCUT2D eigenvalue weighted by Gasteiger charge is 2.14. The van der Waals surface area contributed by atoms with Gasteiger partial charge in [-0.3, -0.25) is 4.90 Å². The summed E-state index contributed by atoms with van der Waals surface area (Å²) in [7, 11) is 3.03. The van der Waals surface area contributed by atoms with Gasteiger partial charge in [0.05, 0.1) is 12.8 Å². The maximum Gasteiger partial charge on any atom is 0.411 e. The zero-order valence-corrected chi connectivity index (χ0v) is 9.37. The summed E-state index contributed by atoms with van der Waals surface area (Å²) in [5.41, 5.74) is 2.68. The van der Waals surface area contributed by atoms with Gasteiger partial charge in [0, 0.05) is 7.05 Å². The molecule has 15 heavy (non-hydrogen) atoms. The molecule has 0 aliphatic heterocycles. The highest BCUT2D eigenvalue weighted by Crippen LogP contribution is 2.30. The minimum absolute atomic E-state index is 0.563. The number of anilines is 1. The van der Waals surface area contributed by atoms with E-state index in [0.717, 1.165) is 16.0 Å². The number of hydrogen-bond donors (Lipinski definition) is 1. The van der Waals surface area contributed by atoms with E-state index in [1.165, 1.54) is 14.2 Å². The second-order valence-electron chi connectivity index (χ2n) is 3.45. The van der Waals surface area contributed by atoms with Crippen LogP contribution in [0.15, 0.2) is 12.1 Å². The van der Waals surface area contributed by atoms with E-state index in [2.05, 4.69) is 0 Å². The Kier molecular flexibility index (Phi) is 3.19. The summed E-state index contributed by atoms with van der Waals surface area (Å²) in [5.74, 6) is 0.572. The van der Waals surface area contributed by atoms with Crippen LogP contribution in [-0.4, -0.2) is 25.4 Å². The molecule has 0 aromatic heterocycles. The predicted molar refractivity (Wildman–Crippen MR) is 58.9 cm³/mol. The summed E-state index contributed by atoms with van der Waals surface area (Å²) in [6, 6.07) is 3.65. The molecular formula is C11H15NO3. The maximum absolute atomic E-state index is 10.8. The normalized spacial score (nSPS) is 9.87. The van der Waals surface area contributed by atoms with E-state index in [4.69, 9.17) is 9.84 Å². The molecule has 0 heterocycles. The van der Waals surface area contributed by atoms with Crippen molar-refractivity contribution in [2.24, 2.45) is 0 Å². The highest BCUT2D eigenvalue weighted by molar-refractivity contribution is 5.87. The van der Waals surface area contributed by atoms with Crippen LogP contribution in [0.2, 0.25) is 0 Å². The van der Waals surface area contributed by atoms with E-state index in [1.807, 2.05) is 26.0 Å². The first-order valence-electron chi connectivity index (χ1n) is 4.59. The van der Waals surface area contributed by atoms with Gasteiger partial charge in [0.25, 0.3) is 0 Å². The summed E-state index contributed by atoms with van der Waals surface area (Å²) in [5, 5.41) is 8.89. The quantitative estimate of drug-likeness (QED) is 0.813. The van der Waals surface area contributed by atoms with E-state index >= 15 is 0 Å². The molecule has 0 aliphatic carbocycles. The molecule has 0 atom stereocenters. The molecule has 4 nitrogen and oxygen atoms in total. The number of aryl methyl sites for hydroxylation is 2. The smallest absolute Gasteiger partial charge is 0.411 e. The maximum atomic E-state index is 10.8. The molecule has 0 aliphatic rings. The van der Waals surface area contributed by atoms with Crippen molar-refractivity contribution in [3.05, 3.63) is 23.3 Å². The molecule has 0 bridgehead atoms. The third-order valence-corrected chi connectivity index (χ3v) is 2.44. The summed E-state index contributed by atoms with van der Waals surface area (Å²) >= 11 is 0. The van der Waals surface area contributed by atoms with Gasteiger partial charge in [-0.25, -0.2) is 4.79 Å². The molecule has 1 aromatic rings. The minimum atomic E-state index is -1.00. The Morgan fingerprint density at radius 2 is 1.87 bits per heavy atom. The number of carboxylic acid groups (broad SMARTS) is 1. The molecule has 0 radical (unpaired) electrons. The molecule has 0 spiro atoms. The largest absolute Gasteiger partial charge is 0.495 e. The van der Waals surface area contributed by atoms with Crippen molar-refractivity contribution in [3.8, 4) is 5.75 Å². The second-order valence-corrected chi connectivity index (χ2v) is 3.45. The van der Waals surface area contributed by atoms with Crippen molar-refractivity contribution in [2.75, 3.05) is 19.1 Å². The first-order chi connectivity index (χ1) is 6.97. The molecule has 0 fully saturated rings. The summed E-state index contributed by atoms with van der Waals surface area (Å²) in [6.45, 7) is 3.90. The Hall–Kier alpha value is -1.71. The van der Waals surface area contributed by atoms with Crippen LogP contribution in [0.5, 0.6) is 5.75 Å². The van der Waals surface area contributed by atoms with Crippen LogP contribution in [0, 0.1) is 13.8 Å². The van der Waals surface area contributed by atoms with Crippen molar-refractivity contribution in [1.29, 1.82) is 0 Å². The number of ether oxygens (including phenoxy) is 1. The number of rotatable bonds is 2. The van der Waals surface area contributed by atoms with Crippen LogP contribution in [-0.2, 0) is 0 Å². The third-order valence-electron chi connectivity index (χ3n) is 2.44. The fraction of sp³-hybridized carbons (Fsp3) is 0.364. The lowest BCUT2D eigenvalue weighted by Crippen LogP contribution is -2.24. The number of methoxy groups -OCH3 is 1. The molecule has 0 saturated heterocycles. The van der Waals surface area contributed by atoms with Crippen LogP contribution in [0.4, 0.5) is 10.5 Å². The molecule has 82 valence electrons. The second kappa shape index (κ2) is 4.21. The number of hydrogen-bond acceptors (Lipinski definition) is 2. The van der Waals surface area contributed by atoms with E-state index in [-0.39, 0.29) is 0 Å². The predicted octanol–water partition coefficient (Wildman–Crippen LogP) is 2.43. The van der Waals surface area contributed by atoms with Gasteiger partial charge in [0.1, 0.15) is 5.75 Å². The lowest BCUT2D eigenvalue weighted by atomic mass is 10.1. The first-order valence-corrected chi connectivity index (χ1v) is 4.59. The van der Waals surface area contributed by atoms with Gasteiger partial charge in [-0.05, 0) is 37.1 Å². The van der Waals surface area contributed by atoms with E-state index in [0.29, 0.717) is 11.4 Å². The molecule has 0 saturated carbocycles. The Bertz CT molecular complexity index is 388. The van der Waals surface area contributed by atoms with Crippen LogP contribution in [0.1, 0.15) is 11.1 Å². The Labute approximate surface area is 89.1 Å². The standard InChI is InChI=1S/C11H15NO3/c1-7-5-9(12(3)11(13)14)10(15-4)6-8(7)2/h5-6H,1-4H3,(H,13,14). The molecule has 1 amide bonds. The van der Waals surface area contributed by atoms with Gasteiger partial charge in [0.15, 0.2) is 0 Å². The van der Waals surface area contributed by atoms with Crippen molar-refractivity contribution < 1.29 is 14.6 Å². The van der Waals surface area contributed by atoms with Crippen molar-refractivity contribution >= 4 is 11.8 Å². The van der Waals surface area contributed by atoms with Gasteiger partial charge in [0.2, 0.25) is 0 Å². The average Bonchev–Trinajstić information content (AvgIpc) is 2.20. The molecule has 1 rings (SSSR count). The Morgan fingerprint density at radius 1 is 1.33 bits per heavy atom. The molecule has 0 unspecified atom stereocenters. The lowest BCUT2D eigenvalue weighted by molar-refractivity contribution is 0.203. The number of carbonyl (C=O) groups is 1. The van der Waals surface area contributed by atoms with Crippen molar-refractivity contribution in [1.82, 2.24) is 0 Å². The summed E-state index contributed by atoms with van der Waals surface area (Å²) < 4.78 is 5.15. The molecular weight excluding hydrogens is 194 g/mol. The Balaban J connectivity index is 3.27. The molecule has 4 heteroatoms. The molecule has 1 N–H and O–H groups in total. The molecule has 1 aromatic carbocycles. The Morgan fingerprint density at radius 3 is 2.33 bits per heavy atom. The third kappa shape index (κ3) is 2.21. The van der Waals surface area contributed by atoms with Crippen LogP contribution < -0.4 is 9.64 Å². The highest BCUT2D eigenvalue weighted by atomic mass is 16.5. The summed E-state index contributed by atoms with van der Waals surface area (Å²) in [6.07, 6.45) is -1.00. The number of benzene rings is 1. The van der Waals surface area contributed by atoms with Gasteiger partial charge < -0.3 is 9.84 Å². The van der Waals surface area contributed by atoms with Gasteiger partial charge >= 0.3 is 6.09 Å². The fourth-order valence-electron chi connectivity index (χ4n) is 1.30. The minimum Gasteiger partial charge on any atom is -0.495 e. The SMILES string of the molecule is COc1cc(C)c(C)cc1N(C)C(=O)O. The van der Waals surface area contributed by atoms with Crippen LogP contribution >= 0.6 is 0 Å². The average molecular weight is 209 g/mol. The van der Waals surface area contributed by atoms with Gasteiger partial charge in [-0.15, -0.1) is 0 Å². The number of amides is 1. The van der Waals surface area contributed by atoms with Gasteiger partial charge in [-0.1, -0.05) is 0 Å². The van der Waals surface area contributed by atoms with Crippen molar-refractivity contribution in [2.45, 2.75) is 13.8 Å².